The molecule has 0 saturated carbocycles. The van der Waals surface area contributed by atoms with Crippen molar-refractivity contribution < 1.29 is 9.47 Å². The van der Waals surface area contributed by atoms with Crippen molar-refractivity contribution in [1.29, 1.82) is 0 Å². The van der Waals surface area contributed by atoms with E-state index in [9.17, 15) is 0 Å². The summed E-state index contributed by atoms with van der Waals surface area (Å²) in [6.45, 7) is 0.551. The van der Waals surface area contributed by atoms with Crippen LogP contribution in [0.25, 0.3) is 0 Å². The Balaban J connectivity index is 2.06. The summed E-state index contributed by atoms with van der Waals surface area (Å²) in [6.07, 6.45) is 0.825. The molecule has 0 radical (unpaired) electrons. The monoisotopic (exact) mass is 245 g/mol. The quantitative estimate of drug-likeness (QED) is 0.752. The summed E-state index contributed by atoms with van der Waals surface area (Å²) in [7, 11) is 1.05. The number of para-hydroxylation sites is 1. The Morgan fingerprint density at radius 1 is 1.00 bits per heavy atom. The summed E-state index contributed by atoms with van der Waals surface area (Å²) in [5.74, 6) is 1.40. The summed E-state index contributed by atoms with van der Waals surface area (Å²) < 4.78 is 11.0. The van der Waals surface area contributed by atoms with Crippen LogP contribution in [0.15, 0.2) is 48.5 Å². The van der Waals surface area contributed by atoms with Gasteiger partial charge in [0.1, 0.15) is 5.75 Å². The summed E-state index contributed by atoms with van der Waals surface area (Å²) >= 11 is 0. The molecule has 0 aliphatic heterocycles. The Bertz CT molecular complexity index is 462. The van der Waals surface area contributed by atoms with E-state index in [1.54, 1.807) is 0 Å². The van der Waals surface area contributed by atoms with Gasteiger partial charge in [0, 0.05) is 22.5 Å². The molecule has 0 N–H and O–H groups in total. The van der Waals surface area contributed by atoms with Crippen molar-refractivity contribution >= 4 is 10.2 Å². The third kappa shape index (κ3) is 3.69. The molecule has 1 aromatic heterocycles. The van der Waals surface area contributed by atoms with E-state index in [0.717, 1.165) is 27.9 Å². The number of nitrogens with zero attached hydrogens (tertiary/aromatic N) is 1. The third-order valence-corrected chi connectivity index (χ3v) is 2.61. The molecule has 1 heterocycles. The maximum atomic E-state index is 5.64. The second-order valence-corrected chi connectivity index (χ2v) is 4.10. The predicted octanol–water partition coefficient (Wildman–Crippen LogP) is 1.71. The van der Waals surface area contributed by atoms with Gasteiger partial charge < -0.3 is 9.47 Å². The van der Waals surface area contributed by atoms with E-state index in [0.29, 0.717) is 12.5 Å². The molecule has 88 valence electrons. The smallest absolute Gasteiger partial charge is 0.219 e. The lowest BCUT2D eigenvalue weighted by molar-refractivity contribution is 0.161. The number of rotatable bonds is 5. The van der Waals surface area contributed by atoms with E-state index < -0.39 is 0 Å². The first-order valence-corrected chi connectivity index (χ1v) is 7.06. The average Bonchev–Trinajstić information content (AvgIpc) is 2.38. The first kappa shape index (κ1) is 11.8. The fourth-order valence-electron chi connectivity index (χ4n) is 1.41. The Labute approximate surface area is 104 Å². The maximum absolute atomic E-state index is 5.64. The molecule has 0 atom stereocenters. The second kappa shape index (κ2) is 6.17. The van der Waals surface area contributed by atoms with Gasteiger partial charge in [-0.3, -0.25) is 0 Å². The molecule has 0 amide bonds. The van der Waals surface area contributed by atoms with E-state index >= 15 is 0 Å². The Morgan fingerprint density at radius 3 is 2.59 bits per heavy atom. The van der Waals surface area contributed by atoms with Crippen molar-refractivity contribution in [3.05, 3.63) is 54.2 Å². The van der Waals surface area contributed by atoms with Crippen LogP contribution >= 0.6 is 0 Å². The van der Waals surface area contributed by atoms with Crippen LogP contribution in [0.5, 0.6) is 11.6 Å². The van der Waals surface area contributed by atoms with Crippen LogP contribution in [-0.2, 0) is 11.3 Å². The standard InChI is InChI=1S/C13H15NO2Si/c17-10-15-9-11-5-4-8-13(14-11)16-12-6-2-1-3-7-12/h1-8H,9-10H2,17H3. The molecule has 4 heteroatoms. The number of hydrogen-bond donors (Lipinski definition) is 0. The van der Waals surface area contributed by atoms with Crippen molar-refractivity contribution in [1.82, 2.24) is 4.98 Å². The first-order valence-electron chi connectivity index (χ1n) is 5.65. The molecule has 17 heavy (non-hydrogen) atoms. The highest BCUT2D eigenvalue weighted by atomic mass is 28.1. The van der Waals surface area contributed by atoms with Gasteiger partial charge in [-0.1, -0.05) is 24.3 Å². The van der Waals surface area contributed by atoms with Crippen LogP contribution in [0.2, 0.25) is 0 Å². The highest BCUT2D eigenvalue weighted by Crippen LogP contribution is 2.18. The minimum Gasteiger partial charge on any atom is -0.439 e. The average molecular weight is 245 g/mol. The molecule has 1 aromatic carbocycles. The third-order valence-electron chi connectivity index (χ3n) is 2.20. The predicted molar refractivity (Wildman–Crippen MR) is 70.3 cm³/mol. The van der Waals surface area contributed by atoms with Crippen molar-refractivity contribution in [2.24, 2.45) is 0 Å². The van der Waals surface area contributed by atoms with Gasteiger partial charge in [-0.15, -0.1) is 0 Å². The van der Waals surface area contributed by atoms with Crippen LogP contribution in [0.1, 0.15) is 5.69 Å². The molecule has 0 unspecified atom stereocenters. The number of hydrogen-bond acceptors (Lipinski definition) is 3. The minimum atomic E-state index is 0.551. The molecule has 0 saturated heterocycles. The lowest BCUT2D eigenvalue weighted by Crippen LogP contribution is -1.98. The number of ether oxygens (including phenoxy) is 2. The molecule has 0 bridgehead atoms. The van der Waals surface area contributed by atoms with Gasteiger partial charge in [-0.25, -0.2) is 4.98 Å². The molecule has 0 aliphatic rings. The number of benzene rings is 1. The van der Waals surface area contributed by atoms with Crippen LogP contribution in [0, 0.1) is 0 Å². The highest BCUT2D eigenvalue weighted by molar-refractivity contribution is 6.08. The molecular weight excluding hydrogens is 230 g/mol. The zero-order valence-corrected chi connectivity index (χ0v) is 11.8. The maximum Gasteiger partial charge on any atom is 0.219 e. The van der Waals surface area contributed by atoms with Gasteiger partial charge in [-0.2, -0.15) is 0 Å². The van der Waals surface area contributed by atoms with Gasteiger partial charge in [0.05, 0.1) is 12.3 Å². The lowest BCUT2D eigenvalue weighted by atomic mass is 10.3. The summed E-state index contributed by atoms with van der Waals surface area (Å²) in [4.78, 5) is 4.37. The van der Waals surface area contributed by atoms with Gasteiger partial charge in [0.2, 0.25) is 5.88 Å². The normalized spacial score (nSPS) is 10.4. The van der Waals surface area contributed by atoms with E-state index in [-0.39, 0.29) is 0 Å². The number of pyridine rings is 1. The Kier molecular flexibility index (Phi) is 4.29. The summed E-state index contributed by atoms with van der Waals surface area (Å²) in [5.41, 5.74) is 0.897. The molecule has 2 rings (SSSR count). The van der Waals surface area contributed by atoms with E-state index in [1.165, 1.54) is 0 Å². The fraction of sp³-hybridized carbons (Fsp3) is 0.154. The zero-order valence-electron chi connectivity index (χ0n) is 9.80. The molecule has 0 fully saturated rings. The first-order chi connectivity index (χ1) is 8.38. The SMILES string of the molecule is [SiH3]COCc1cccc(Oc2ccccc2)n1. The van der Waals surface area contributed by atoms with E-state index in [1.807, 2.05) is 48.5 Å². The van der Waals surface area contributed by atoms with Crippen molar-refractivity contribution in [3.63, 3.8) is 0 Å². The van der Waals surface area contributed by atoms with Crippen LogP contribution in [-0.4, -0.2) is 21.5 Å². The van der Waals surface area contributed by atoms with E-state index in [2.05, 4.69) is 4.98 Å². The van der Waals surface area contributed by atoms with Crippen LogP contribution in [0.4, 0.5) is 0 Å². The largest absolute Gasteiger partial charge is 0.439 e. The Hall–Kier alpha value is -1.65. The second-order valence-electron chi connectivity index (χ2n) is 3.52. The van der Waals surface area contributed by atoms with Crippen molar-refractivity contribution in [2.75, 3.05) is 6.23 Å². The summed E-state index contributed by atoms with van der Waals surface area (Å²) in [6, 6.07) is 15.3. The van der Waals surface area contributed by atoms with Gasteiger partial charge in [-0.05, 0) is 18.2 Å². The summed E-state index contributed by atoms with van der Waals surface area (Å²) in [5, 5.41) is 0. The van der Waals surface area contributed by atoms with Crippen LogP contribution < -0.4 is 4.74 Å². The number of aromatic nitrogens is 1. The lowest BCUT2D eigenvalue weighted by Gasteiger charge is -2.06. The van der Waals surface area contributed by atoms with Gasteiger partial charge in [0.25, 0.3) is 0 Å². The minimum absolute atomic E-state index is 0.551. The fourth-order valence-corrected chi connectivity index (χ4v) is 1.61. The van der Waals surface area contributed by atoms with Gasteiger partial charge >= 0.3 is 0 Å². The molecular formula is C13H15NO2Si. The zero-order chi connectivity index (χ0) is 11.9. The molecule has 0 spiro atoms. The molecule has 2 aromatic rings. The van der Waals surface area contributed by atoms with Gasteiger partial charge in [0.15, 0.2) is 0 Å². The highest BCUT2D eigenvalue weighted by Gasteiger charge is 2.00. The topological polar surface area (TPSA) is 31.4 Å². The van der Waals surface area contributed by atoms with Crippen molar-refractivity contribution in [3.8, 4) is 11.6 Å². The molecule has 3 nitrogen and oxygen atoms in total. The van der Waals surface area contributed by atoms with Crippen molar-refractivity contribution in [2.45, 2.75) is 6.61 Å². The Morgan fingerprint density at radius 2 is 1.82 bits per heavy atom. The van der Waals surface area contributed by atoms with E-state index in [4.69, 9.17) is 9.47 Å². The van der Waals surface area contributed by atoms with Crippen LogP contribution in [0.3, 0.4) is 0 Å². The molecule has 0 aliphatic carbocycles.